The van der Waals surface area contributed by atoms with E-state index in [0.717, 1.165) is 5.69 Å². The quantitative estimate of drug-likeness (QED) is 0.884. The molecule has 0 saturated heterocycles. The molecule has 1 heterocycles. The molecular formula is C13H11ClN2O. The molecule has 0 unspecified atom stereocenters. The zero-order chi connectivity index (χ0) is 12.3. The number of rotatable bonds is 2. The summed E-state index contributed by atoms with van der Waals surface area (Å²) in [4.78, 5) is 15.9. The number of nitrogens with zero attached hydrogens (tertiary/aromatic N) is 1. The van der Waals surface area contributed by atoms with E-state index in [9.17, 15) is 4.79 Å². The molecule has 0 aliphatic carbocycles. The van der Waals surface area contributed by atoms with Gasteiger partial charge in [0.05, 0.1) is 0 Å². The van der Waals surface area contributed by atoms with Crippen molar-refractivity contribution in [1.29, 1.82) is 0 Å². The number of carbonyl (C=O) groups excluding carboxylic acids is 1. The van der Waals surface area contributed by atoms with Gasteiger partial charge in [-0.3, -0.25) is 9.78 Å². The van der Waals surface area contributed by atoms with Crippen molar-refractivity contribution < 1.29 is 4.79 Å². The Morgan fingerprint density at radius 3 is 2.82 bits per heavy atom. The average molecular weight is 247 g/mol. The van der Waals surface area contributed by atoms with E-state index in [4.69, 9.17) is 11.6 Å². The van der Waals surface area contributed by atoms with Gasteiger partial charge in [-0.2, -0.15) is 0 Å². The second-order valence-corrected chi connectivity index (χ2v) is 4.09. The molecule has 0 atom stereocenters. The number of hydrogen-bond donors (Lipinski definition) is 1. The third-order valence-electron chi connectivity index (χ3n) is 2.24. The smallest absolute Gasteiger partial charge is 0.255 e. The normalized spacial score (nSPS) is 10.0. The van der Waals surface area contributed by atoms with Crippen molar-refractivity contribution in [1.82, 2.24) is 4.98 Å². The Labute approximate surface area is 104 Å². The molecule has 2 aromatic rings. The highest BCUT2D eigenvalue weighted by atomic mass is 35.5. The van der Waals surface area contributed by atoms with Crippen molar-refractivity contribution in [3.05, 3.63) is 58.9 Å². The Kier molecular flexibility index (Phi) is 3.40. The molecule has 1 N–H and O–H groups in total. The van der Waals surface area contributed by atoms with Gasteiger partial charge in [-0.05, 0) is 37.3 Å². The topological polar surface area (TPSA) is 42.0 Å². The van der Waals surface area contributed by atoms with Crippen molar-refractivity contribution in [3.8, 4) is 0 Å². The fourth-order valence-electron chi connectivity index (χ4n) is 1.46. The zero-order valence-corrected chi connectivity index (χ0v) is 10.0. The van der Waals surface area contributed by atoms with E-state index in [2.05, 4.69) is 10.3 Å². The highest BCUT2D eigenvalue weighted by molar-refractivity contribution is 6.30. The molecule has 0 fully saturated rings. The summed E-state index contributed by atoms with van der Waals surface area (Å²) in [6.07, 6.45) is 1.61. The summed E-state index contributed by atoms with van der Waals surface area (Å²) in [7, 11) is 0. The highest BCUT2D eigenvalue weighted by Gasteiger charge is 2.06. The summed E-state index contributed by atoms with van der Waals surface area (Å²) in [6.45, 7) is 1.84. The summed E-state index contributed by atoms with van der Waals surface area (Å²) in [5.41, 5.74) is 2.07. The van der Waals surface area contributed by atoms with E-state index in [1.807, 2.05) is 6.92 Å². The minimum Gasteiger partial charge on any atom is -0.322 e. The lowest BCUT2D eigenvalue weighted by Gasteiger charge is -2.05. The van der Waals surface area contributed by atoms with Gasteiger partial charge in [0.2, 0.25) is 0 Å². The second kappa shape index (κ2) is 4.97. The second-order valence-electron chi connectivity index (χ2n) is 3.65. The van der Waals surface area contributed by atoms with Crippen LogP contribution in [0.15, 0.2) is 42.6 Å². The van der Waals surface area contributed by atoms with Gasteiger partial charge in [-0.15, -0.1) is 0 Å². The first kappa shape index (κ1) is 11.6. The van der Waals surface area contributed by atoms with Crippen LogP contribution in [0.3, 0.4) is 0 Å². The number of halogens is 1. The summed E-state index contributed by atoms with van der Waals surface area (Å²) < 4.78 is 0. The maximum absolute atomic E-state index is 11.9. The van der Waals surface area contributed by atoms with Crippen LogP contribution < -0.4 is 5.32 Å². The largest absolute Gasteiger partial charge is 0.322 e. The van der Waals surface area contributed by atoms with Crippen LogP contribution in [-0.4, -0.2) is 10.9 Å². The number of hydrogen-bond acceptors (Lipinski definition) is 2. The van der Waals surface area contributed by atoms with E-state index in [0.29, 0.717) is 16.3 Å². The Morgan fingerprint density at radius 2 is 2.12 bits per heavy atom. The molecule has 2 rings (SSSR count). The van der Waals surface area contributed by atoms with Crippen LogP contribution in [0.25, 0.3) is 0 Å². The minimum atomic E-state index is -0.169. The summed E-state index contributed by atoms with van der Waals surface area (Å²) in [6, 6.07) is 10.4. The fourth-order valence-corrected chi connectivity index (χ4v) is 1.65. The van der Waals surface area contributed by atoms with Gasteiger partial charge in [0.1, 0.15) is 0 Å². The molecule has 1 amide bonds. The van der Waals surface area contributed by atoms with E-state index in [1.165, 1.54) is 0 Å². The monoisotopic (exact) mass is 246 g/mol. The summed E-state index contributed by atoms with van der Waals surface area (Å²) >= 11 is 5.84. The predicted octanol–water partition coefficient (Wildman–Crippen LogP) is 3.30. The number of carbonyl (C=O) groups is 1. The first-order valence-corrected chi connectivity index (χ1v) is 5.52. The lowest BCUT2D eigenvalue weighted by molar-refractivity contribution is 0.102. The van der Waals surface area contributed by atoms with E-state index < -0.39 is 0 Å². The van der Waals surface area contributed by atoms with Crippen molar-refractivity contribution in [2.45, 2.75) is 6.92 Å². The van der Waals surface area contributed by atoms with Crippen LogP contribution in [0.1, 0.15) is 16.1 Å². The molecule has 4 heteroatoms. The van der Waals surface area contributed by atoms with Crippen LogP contribution >= 0.6 is 11.6 Å². The lowest BCUT2D eigenvalue weighted by Crippen LogP contribution is -2.12. The van der Waals surface area contributed by atoms with Crippen molar-refractivity contribution in [2.24, 2.45) is 0 Å². The zero-order valence-electron chi connectivity index (χ0n) is 9.27. The Bertz CT molecular complexity index is 555. The number of anilines is 1. The molecule has 0 saturated carbocycles. The number of pyridine rings is 1. The Balaban J connectivity index is 2.17. The van der Waals surface area contributed by atoms with E-state index >= 15 is 0 Å². The van der Waals surface area contributed by atoms with Crippen molar-refractivity contribution in [2.75, 3.05) is 5.32 Å². The van der Waals surface area contributed by atoms with Gasteiger partial charge in [0.15, 0.2) is 0 Å². The number of aryl methyl sites for hydroxylation is 1. The first-order valence-electron chi connectivity index (χ1n) is 5.15. The molecule has 0 aliphatic rings. The molecule has 1 aromatic heterocycles. The maximum Gasteiger partial charge on any atom is 0.255 e. The maximum atomic E-state index is 11.9. The van der Waals surface area contributed by atoms with Crippen molar-refractivity contribution in [3.63, 3.8) is 0 Å². The third kappa shape index (κ3) is 3.04. The molecule has 0 aliphatic heterocycles. The van der Waals surface area contributed by atoms with Gasteiger partial charge >= 0.3 is 0 Å². The number of benzene rings is 1. The van der Waals surface area contributed by atoms with Gasteiger partial charge in [-0.1, -0.05) is 17.7 Å². The minimum absolute atomic E-state index is 0.169. The van der Waals surface area contributed by atoms with Crippen LogP contribution in [0.5, 0.6) is 0 Å². The van der Waals surface area contributed by atoms with E-state index in [1.54, 1.807) is 42.6 Å². The predicted molar refractivity (Wildman–Crippen MR) is 68.4 cm³/mol. The number of aromatic nitrogens is 1. The molecule has 86 valence electrons. The lowest BCUT2D eigenvalue weighted by atomic mass is 10.2. The Morgan fingerprint density at radius 1 is 1.29 bits per heavy atom. The average Bonchev–Trinajstić information content (AvgIpc) is 2.29. The molecular weight excluding hydrogens is 236 g/mol. The standard InChI is InChI=1S/C13H11ClN2O/c1-9-7-10(5-6-15-9)13(17)16-12-4-2-3-11(14)8-12/h2-8H,1H3,(H,16,17). The fraction of sp³-hybridized carbons (Fsp3) is 0.0769. The summed E-state index contributed by atoms with van der Waals surface area (Å²) in [5.74, 6) is -0.169. The summed E-state index contributed by atoms with van der Waals surface area (Å²) in [5, 5.41) is 3.37. The first-order chi connectivity index (χ1) is 8.15. The molecule has 0 bridgehead atoms. The molecule has 17 heavy (non-hydrogen) atoms. The van der Waals surface area contributed by atoms with Crippen LogP contribution in [-0.2, 0) is 0 Å². The number of nitrogens with one attached hydrogen (secondary N) is 1. The molecule has 1 aromatic carbocycles. The third-order valence-corrected chi connectivity index (χ3v) is 2.48. The molecule has 3 nitrogen and oxygen atoms in total. The van der Waals surface area contributed by atoms with Crippen molar-refractivity contribution >= 4 is 23.2 Å². The van der Waals surface area contributed by atoms with Gasteiger partial charge < -0.3 is 5.32 Å². The molecule has 0 radical (unpaired) electrons. The van der Waals surface area contributed by atoms with Gasteiger partial charge in [0.25, 0.3) is 5.91 Å². The molecule has 0 spiro atoms. The number of amides is 1. The van der Waals surface area contributed by atoms with Crippen LogP contribution in [0.4, 0.5) is 5.69 Å². The SMILES string of the molecule is Cc1cc(C(=O)Nc2cccc(Cl)c2)ccn1. The van der Waals surface area contributed by atoms with E-state index in [-0.39, 0.29) is 5.91 Å². The van der Waals surface area contributed by atoms with Gasteiger partial charge in [0, 0.05) is 28.2 Å². The van der Waals surface area contributed by atoms with Crippen LogP contribution in [0, 0.1) is 6.92 Å². The Hall–Kier alpha value is -1.87. The van der Waals surface area contributed by atoms with Crippen LogP contribution in [0.2, 0.25) is 5.02 Å². The highest BCUT2D eigenvalue weighted by Crippen LogP contribution is 2.15. The van der Waals surface area contributed by atoms with Gasteiger partial charge in [-0.25, -0.2) is 0 Å².